The smallest absolute Gasteiger partial charge is 0.228 e. The lowest BCUT2D eigenvalue weighted by Crippen LogP contribution is -2.54. The molecule has 0 spiro atoms. The average molecular weight is 404 g/mol. The molecule has 3 aliphatic rings. The zero-order valence-corrected chi connectivity index (χ0v) is 16.9. The van der Waals surface area contributed by atoms with Gasteiger partial charge in [-0.15, -0.1) is 0 Å². The monoisotopic (exact) mass is 403 g/mol. The number of amides is 2. The predicted octanol–water partition coefficient (Wildman–Crippen LogP) is 2.40. The van der Waals surface area contributed by atoms with Crippen molar-refractivity contribution in [2.24, 2.45) is 5.92 Å². The maximum absolute atomic E-state index is 12.8. The number of anilines is 1. The fourth-order valence-corrected chi connectivity index (χ4v) is 4.77. The largest absolute Gasteiger partial charge is 0.365 e. The van der Waals surface area contributed by atoms with Crippen LogP contribution in [-0.2, 0) is 14.4 Å². The van der Waals surface area contributed by atoms with E-state index in [1.165, 1.54) is 0 Å². The first-order valence-corrected chi connectivity index (χ1v) is 10.4. The highest BCUT2D eigenvalue weighted by atomic mass is 35.5. The van der Waals surface area contributed by atoms with Crippen LogP contribution in [0.4, 0.5) is 5.69 Å². The van der Waals surface area contributed by atoms with Crippen LogP contribution in [0.2, 0.25) is 5.02 Å². The van der Waals surface area contributed by atoms with Crippen molar-refractivity contribution in [2.45, 2.75) is 50.6 Å². The second-order valence-corrected chi connectivity index (χ2v) is 8.69. The molecule has 0 bridgehead atoms. The minimum atomic E-state index is -0.788. The molecule has 0 aromatic heterocycles. The Balaban J connectivity index is 1.35. The Morgan fingerprint density at radius 2 is 1.93 bits per heavy atom. The molecule has 6 nitrogen and oxygen atoms in total. The maximum Gasteiger partial charge on any atom is 0.228 e. The molecular weight excluding hydrogens is 378 g/mol. The van der Waals surface area contributed by atoms with Gasteiger partial charge in [-0.25, -0.2) is 0 Å². The highest BCUT2D eigenvalue weighted by Crippen LogP contribution is 2.45. The number of carbonyl (C=O) groups is 3. The van der Waals surface area contributed by atoms with Crippen molar-refractivity contribution in [2.75, 3.05) is 24.5 Å². The summed E-state index contributed by atoms with van der Waals surface area (Å²) in [7, 11) is 0. The number of benzene rings is 1. The van der Waals surface area contributed by atoms with Gasteiger partial charge in [0.1, 0.15) is 5.54 Å². The summed E-state index contributed by atoms with van der Waals surface area (Å²) in [5, 5.41) is 3.61. The molecule has 4 rings (SSSR count). The summed E-state index contributed by atoms with van der Waals surface area (Å²) in [5.74, 6) is 0.0415. The number of halogens is 1. The Kier molecular flexibility index (Phi) is 5.08. The van der Waals surface area contributed by atoms with Crippen LogP contribution < -0.4 is 10.2 Å². The molecule has 1 unspecified atom stereocenters. The third-order valence-corrected chi connectivity index (χ3v) is 6.58. The standard InChI is InChI=1S/C21H26ClN3O3/c1-14-13-24(10-11-25(14)17-6-4-16(22)5-7-17)20(28)8-9-21(15-2-3-15)18(26)12-19(27)23-21/h4-7,14-15H,2-3,8-13H2,1H3,(H,23,27)/t14-,21?/m0/s1. The van der Waals surface area contributed by atoms with E-state index in [4.69, 9.17) is 11.6 Å². The van der Waals surface area contributed by atoms with Gasteiger partial charge in [0.05, 0.1) is 6.42 Å². The molecule has 2 atom stereocenters. The lowest BCUT2D eigenvalue weighted by atomic mass is 9.85. The van der Waals surface area contributed by atoms with E-state index in [0.717, 1.165) is 25.1 Å². The van der Waals surface area contributed by atoms with Gasteiger partial charge in [-0.3, -0.25) is 14.4 Å². The highest BCUT2D eigenvalue weighted by Gasteiger charge is 2.55. The number of carbonyl (C=O) groups excluding carboxylic acids is 3. The predicted molar refractivity (Wildman–Crippen MR) is 107 cm³/mol. The van der Waals surface area contributed by atoms with Gasteiger partial charge in [-0.2, -0.15) is 0 Å². The Morgan fingerprint density at radius 1 is 1.21 bits per heavy atom. The van der Waals surface area contributed by atoms with Gasteiger partial charge in [0, 0.05) is 42.8 Å². The molecule has 28 heavy (non-hydrogen) atoms. The molecule has 2 aliphatic heterocycles. The van der Waals surface area contributed by atoms with Gasteiger partial charge in [0.15, 0.2) is 5.78 Å². The van der Waals surface area contributed by atoms with E-state index in [-0.39, 0.29) is 36.0 Å². The third kappa shape index (κ3) is 3.62. The molecule has 1 aromatic rings. The molecule has 0 radical (unpaired) electrons. The van der Waals surface area contributed by atoms with Crippen molar-refractivity contribution in [3.05, 3.63) is 29.3 Å². The number of Topliss-reactive ketones (excluding diaryl/α,β-unsaturated/α-hetero) is 1. The molecule has 1 aromatic carbocycles. The van der Waals surface area contributed by atoms with E-state index < -0.39 is 5.54 Å². The van der Waals surface area contributed by atoms with Gasteiger partial charge >= 0.3 is 0 Å². The Bertz CT molecular complexity index is 793. The van der Waals surface area contributed by atoms with Crippen LogP contribution in [0.1, 0.15) is 39.0 Å². The Labute approximate surface area is 170 Å². The van der Waals surface area contributed by atoms with Gasteiger partial charge in [-0.05, 0) is 56.4 Å². The fourth-order valence-electron chi connectivity index (χ4n) is 4.64. The maximum atomic E-state index is 12.8. The van der Waals surface area contributed by atoms with Gasteiger partial charge < -0.3 is 15.1 Å². The van der Waals surface area contributed by atoms with Gasteiger partial charge in [0.2, 0.25) is 11.8 Å². The van der Waals surface area contributed by atoms with E-state index in [0.29, 0.717) is 31.0 Å². The van der Waals surface area contributed by atoms with Gasteiger partial charge in [0.25, 0.3) is 0 Å². The SMILES string of the molecule is C[C@H]1CN(C(=O)CCC2(C3CC3)NC(=O)CC2=O)CCN1c1ccc(Cl)cc1. The van der Waals surface area contributed by atoms with Gasteiger partial charge in [-0.1, -0.05) is 11.6 Å². The van der Waals surface area contributed by atoms with E-state index in [1.54, 1.807) is 0 Å². The average Bonchev–Trinajstić information content (AvgIpc) is 3.47. The van der Waals surface area contributed by atoms with Crippen molar-refractivity contribution in [3.63, 3.8) is 0 Å². The lowest BCUT2D eigenvalue weighted by molar-refractivity contribution is -0.133. The Morgan fingerprint density at radius 3 is 2.50 bits per heavy atom. The summed E-state index contributed by atoms with van der Waals surface area (Å²) < 4.78 is 0. The lowest BCUT2D eigenvalue weighted by Gasteiger charge is -2.41. The molecule has 7 heteroatoms. The normalized spacial score (nSPS) is 27.9. The number of hydrogen-bond donors (Lipinski definition) is 1. The van der Waals surface area contributed by atoms with Crippen LogP contribution in [0.5, 0.6) is 0 Å². The Hall–Kier alpha value is -2.08. The van der Waals surface area contributed by atoms with Crippen LogP contribution in [0.25, 0.3) is 0 Å². The molecule has 150 valence electrons. The number of piperazine rings is 1. The molecule has 1 saturated carbocycles. The summed E-state index contributed by atoms with van der Waals surface area (Å²) >= 11 is 5.98. The third-order valence-electron chi connectivity index (χ3n) is 6.33. The van der Waals surface area contributed by atoms with Crippen LogP contribution >= 0.6 is 11.6 Å². The van der Waals surface area contributed by atoms with Crippen LogP contribution in [0.3, 0.4) is 0 Å². The topological polar surface area (TPSA) is 69.7 Å². The van der Waals surface area contributed by atoms with Crippen molar-refractivity contribution in [3.8, 4) is 0 Å². The molecule has 2 amide bonds. The molecule has 1 N–H and O–H groups in total. The summed E-state index contributed by atoms with van der Waals surface area (Å²) in [6, 6.07) is 7.97. The summed E-state index contributed by atoms with van der Waals surface area (Å²) in [6.07, 6.45) is 2.60. The first kappa shape index (κ1) is 19.2. The summed E-state index contributed by atoms with van der Waals surface area (Å²) in [6.45, 7) is 4.18. The van der Waals surface area contributed by atoms with Crippen LogP contribution in [0, 0.1) is 5.92 Å². The number of nitrogens with one attached hydrogen (secondary N) is 1. The quantitative estimate of drug-likeness (QED) is 0.766. The summed E-state index contributed by atoms with van der Waals surface area (Å²) in [5.41, 5.74) is 0.319. The fraction of sp³-hybridized carbons (Fsp3) is 0.571. The first-order chi connectivity index (χ1) is 13.4. The zero-order chi connectivity index (χ0) is 19.9. The van der Waals surface area contributed by atoms with Crippen LogP contribution in [0.15, 0.2) is 24.3 Å². The van der Waals surface area contributed by atoms with Crippen molar-refractivity contribution in [1.82, 2.24) is 10.2 Å². The van der Waals surface area contributed by atoms with Crippen LogP contribution in [-0.4, -0.2) is 53.7 Å². The second kappa shape index (κ2) is 7.39. The molecule has 2 heterocycles. The number of hydrogen-bond acceptors (Lipinski definition) is 4. The van der Waals surface area contributed by atoms with E-state index in [2.05, 4.69) is 17.1 Å². The number of ketones is 1. The number of rotatable bonds is 5. The van der Waals surface area contributed by atoms with E-state index in [1.807, 2.05) is 29.2 Å². The minimum absolute atomic E-state index is 0.0336. The molecule has 1 aliphatic carbocycles. The summed E-state index contributed by atoms with van der Waals surface area (Å²) in [4.78, 5) is 41.2. The molecule has 3 fully saturated rings. The van der Waals surface area contributed by atoms with Crippen molar-refractivity contribution in [1.29, 1.82) is 0 Å². The minimum Gasteiger partial charge on any atom is -0.365 e. The zero-order valence-electron chi connectivity index (χ0n) is 16.1. The highest BCUT2D eigenvalue weighted by molar-refractivity contribution is 6.30. The molecular formula is C21H26ClN3O3. The second-order valence-electron chi connectivity index (χ2n) is 8.25. The van der Waals surface area contributed by atoms with E-state index >= 15 is 0 Å². The molecule has 2 saturated heterocycles. The van der Waals surface area contributed by atoms with Crippen molar-refractivity contribution < 1.29 is 14.4 Å². The first-order valence-electron chi connectivity index (χ1n) is 10.0. The van der Waals surface area contributed by atoms with Crippen molar-refractivity contribution >= 4 is 34.9 Å². The van der Waals surface area contributed by atoms with E-state index in [9.17, 15) is 14.4 Å². The number of nitrogens with zero attached hydrogens (tertiary/aromatic N) is 2.